The largest absolute Gasteiger partial charge is 0.454 e. The molecule has 8 heteroatoms. The van der Waals surface area contributed by atoms with Crippen LogP contribution in [0.3, 0.4) is 0 Å². The van der Waals surface area contributed by atoms with Gasteiger partial charge in [0.2, 0.25) is 0 Å². The third-order valence-corrected chi connectivity index (χ3v) is 28.1. The van der Waals surface area contributed by atoms with Crippen molar-refractivity contribution in [2.24, 2.45) is 0 Å². The van der Waals surface area contributed by atoms with E-state index in [2.05, 4.69) is 460 Å². The number of furan rings is 4. The van der Waals surface area contributed by atoms with E-state index in [1.165, 1.54) is 97.0 Å². The summed E-state index contributed by atoms with van der Waals surface area (Å²) >= 11 is 0. The van der Waals surface area contributed by atoms with Crippen molar-refractivity contribution in [1.29, 1.82) is 0 Å². The van der Waals surface area contributed by atoms with Crippen molar-refractivity contribution >= 4 is 264 Å². The Kier molecular flexibility index (Phi) is 16.6. The van der Waals surface area contributed by atoms with E-state index in [4.69, 9.17) is 17.7 Å². The molecule has 0 saturated carbocycles. The van der Waals surface area contributed by atoms with Gasteiger partial charge in [-0.25, -0.2) is 0 Å². The van der Waals surface area contributed by atoms with Crippen molar-refractivity contribution in [2.45, 2.75) is 27.7 Å². The van der Waals surface area contributed by atoms with Crippen molar-refractivity contribution in [3.8, 4) is 0 Å². The fraction of sp³-hybridized carbons (Fsp3) is 0.0323. The van der Waals surface area contributed by atoms with E-state index in [0.717, 1.165) is 189 Å². The number of fused-ring (bicyclic) bond motifs is 20. The number of para-hydroxylation sites is 6. The molecule has 24 aromatic carbocycles. The van der Waals surface area contributed by atoms with Gasteiger partial charge in [-0.15, -0.1) is 0 Å². The van der Waals surface area contributed by atoms with Gasteiger partial charge in [0.25, 0.3) is 0 Å². The molecule has 0 fully saturated rings. The molecular weight excluding hydrogens is 1610 g/mol. The maximum atomic E-state index is 6.98. The number of hydrogen-bond acceptors (Lipinski definition) is 8. The van der Waals surface area contributed by atoms with Crippen molar-refractivity contribution in [2.75, 3.05) is 19.6 Å². The first-order valence-electron chi connectivity index (χ1n) is 45.4. The molecule has 0 unspecified atom stereocenters. The van der Waals surface area contributed by atoms with Gasteiger partial charge >= 0.3 is 0 Å². The minimum absolute atomic E-state index is 0.875. The Labute approximate surface area is 758 Å². The number of anilines is 12. The lowest BCUT2D eigenvalue weighted by atomic mass is 9.91. The molecule has 0 spiro atoms. The number of rotatable bonds is 12. The Morgan fingerprint density at radius 2 is 0.409 bits per heavy atom. The van der Waals surface area contributed by atoms with Crippen LogP contribution in [0.15, 0.2) is 430 Å². The van der Waals surface area contributed by atoms with Crippen molar-refractivity contribution in [3.63, 3.8) is 0 Å². The van der Waals surface area contributed by atoms with Gasteiger partial charge in [0.1, 0.15) is 22.3 Å². The molecule has 4 aromatic heterocycles. The van der Waals surface area contributed by atoms with Gasteiger partial charge in [-0.3, -0.25) is 0 Å². The average molecular weight is 1690 g/mol. The number of aryl methyl sites for hydroxylation is 4. The smallest absolute Gasteiger partial charge is 0.160 e. The average Bonchev–Trinajstić information content (AvgIpc) is 1.04. The van der Waals surface area contributed by atoms with Crippen LogP contribution in [0.5, 0.6) is 0 Å². The molecule has 0 radical (unpaired) electrons. The number of benzene rings is 24. The van der Waals surface area contributed by atoms with Crippen LogP contribution in [0, 0.1) is 27.7 Å². The summed E-state index contributed by atoms with van der Waals surface area (Å²) in [4.78, 5) is 9.71. The van der Waals surface area contributed by atoms with E-state index in [1.807, 2.05) is 0 Å². The van der Waals surface area contributed by atoms with Gasteiger partial charge in [0.15, 0.2) is 22.3 Å². The van der Waals surface area contributed by atoms with Crippen molar-refractivity contribution < 1.29 is 17.7 Å². The predicted octanol–water partition coefficient (Wildman–Crippen LogP) is 36.5. The Morgan fingerprint density at radius 1 is 0.152 bits per heavy atom. The highest BCUT2D eigenvalue weighted by atomic mass is 16.3. The molecular formula is C124H80N4O4. The molecule has 0 bridgehead atoms. The first-order chi connectivity index (χ1) is 65.2. The Morgan fingerprint density at radius 3 is 0.750 bits per heavy atom. The summed E-state index contributed by atoms with van der Waals surface area (Å²) in [5, 5.41) is 32.9. The number of hydrogen-bond donors (Lipinski definition) is 0. The molecule has 8 nitrogen and oxygen atoms in total. The fourth-order valence-electron chi connectivity index (χ4n) is 22.3. The molecule has 620 valence electrons. The molecule has 4 heterocycles. The SMILES string of the molecule is Cc1c(N(c2ccccc2)c2ccc3ccc4c(N(c5ccccc5)c5c(C)c6ccccc6c6c5oc5ccccc56)ccc5ccc2c3c54)c2oc3ccccc3c2c2ccccc12.Cc1ccc2c(oc3ccc4ccccc4c32)c1N(c1ccccc1)c1ccc2ccc3c(N(c4ccccc4)c4c(C)ccc5c4oc4ccc6ccccc6c45)ccc4ccc1c2c43. The second-order valence-electron chi connectivity index (χ2n) is 35.2. The van der Waals surface area contributed by atoms with E-state index in [0.29, 0.717) is 0 Å². The summed E-state index contributed by atoms with van der Waals surface area (Å²) in [6.07, 6.45) is 0. The van der Waals surface area contributed by atoms with Crippen LogP contribution >= 0.6 is 0 Å². The van der Waals surface area contributed by atoms with Gasteiger partial charge in [-0.2, -0.15) is 0 Å². The van der Waals surface area contributed by atoms with Crippen LogP contribution in [0.1, 0.15) is 22.3 Å². The maximum absolute atomic E-state index is 6.98. The Balaban J connectivity index is 0.000000135. The van der Waals surface area contributed by atoms with Crippen molar-refractivity contribution in [3.05, 3.63) is 435 Å². The second-order valence-corrected chi connectivity index (χ2v) is 35.2. The van der Waals surface area contributed by atoms with Gasteiger partial charge in [-0.05, 0) is 233 Å². The third-order valence-electron chi connectivity index (χ3n) is 28.1. The summed E-state index contributed by atoms with van der Waals surface area (Å²) in [7, 11) is 0. The van der Waals surface area contributed by atoms with E-state index in [9.17, 15) is 0 Å². The quantitative estimate of drug-likeness (QED) is 0.112. The molecule has 0 saturated heterocycles. The van der Waals surface area contributed by atoms with Crippen LogP contribution in [0.4, 0.5) is 68.2 Å². The zero-order valence-corrected chi connectivity index (χ0v) is 72.7. The minimum Gasteiger partial charge on any atom is -0.454 e. The molecule has 0 aliphatic heterocycles. The molecule has 28 rings (SSSR count). The molecule has 0 amide bonds. The normalized spacial score (nSPS) is 12.1. The van der Waals surface area contributed by atoms with Gasteiger partial charge in [-0.1, -0.05) is 315 Å². The molecule has 132 heavy (non-hydrogen) atoms. The first kappa shape index (κ1) is 75.0. The van der Waals surface area contributed by atoms with Gasteiger partial charge in [0.05, 0.1) is 45.5 Å². The first-order valence-corrected chi connectivity index (χ1v) is 45.4. The fourth-order valence-corrected chi connectivity index (χ4v) is 22.3. The van der Waals surface area contributed by atoms with Crippen molar-refractivity contribution in [1.82, 2.24) is 0 Å². The molecule has 0 atom stereocenters. The maximum Gasteiger partial charge on any atom is 0.160 e. The lowest BCUT2D eigenvalue weighted by Crippen LogP contribution is -2.13. The third kappa shape index (κ3) is 11.1. The highest BCUT2D eigenvalue weighted by Crippen LogP contribution is 2.58. The Bertz CT molecular complexity index is 9080. The monoisotopic (exact) mass is 1690 g/mol. The summed E-state index contributed by atoms with van der Waals surface area (Å²) in [6.45, 7) is 8.88. The molecule has 0 N–H and O–H groups in total. The van der Waals surface area contributed by atoms with E-state index >= 15 is 0 Å². The summed E-state index contributed by atoms with van der Waals surface area (Å²) in [5.74, 6) is 0. The van der Waals surface area contributed by atoms with Crippen LogP contribution in [0.25, 0.3) is 195 Å². The summed E-state index contributed by atoms with van der Waals surface area (Å²) in [5.41, 5.74) is 24.4. The highest BCUT2D eigenvalue weighted by molar-refractivity contribution is 6.34. The lowest BCUT2D eigenvalue weighted by molar-refractivity contribution is 0.668. The molecule has 0 aliphatic rings. The van der Waals surface area contributed by atoms with E-state index < -0.39 is 0 Å². The van der Waals surface area contributed by atoms with E-state index in [-0.39, 0.29) is 0 Å². The van der Waals surface area contributed by atoms with Crippen LogP contribution in [0.2, 0.25) is 0 Å². The molecule has 28 aromatic rings. The standard InChI is InChI=1S/2C62H40N2O2/c1-37-43-21-9-11-23-45(43)57-49-25-13-15-27-53(49)65-61(57)59(37)63(41-17-5-3-6-18-41)51-35-31-39-30-34-48-52(36-32-40-29-33-47(51)55(39)56(40)48)64(42-19-7-4-8-20-42)60-38(2)44-22-10-12-24-46(44)58-50-26-14-16-28-54(50)66-62(58)60;1-37-21-29-49-57-45-19-11-9-13-39(45)27-35-53(57)65-61(49)59(37)63(43-15-5-3-6-16-43)51-33-25-41-24-32-48-52(34-26-42-23-31-47(51)55(41)56(42)48)64(44-17-7-4-8-18-44)60-38(2)22-30-50-58-46-20-12-10-14-40(46)28-36-54(58)66-62(50)60/h2*3-36H,1-2H3. The molecule has 0 aliphatic carbocycles. The predicted molar refractivity (Wildman–Crippen MR) is 557 cm³/mol. The minimum atomic E-state index is 0.875. The van der Waals surface area contributed by atoms with Crippen LogP contribution < -0.4 is 19.6 Å². The summed E-state index contributed by atoms with van der Waals surface area (Å²) < 4.78 is 27.9. The van der Waals surface area contributed by atoms with Gasteiger partial charge in [0, 0.05) is 87.4 Å². The van der Waals surface area contributed by atoms with Gasteiger partial charge < -0.3 is 37.3 Å². The van der Waals surface area contributed by atoms with Crippen LogP contribution in [-0.4, -0.2) is 0 Å². The second kappa shape index (κ2) is 29.2. The number of nitrogens with zero attached hydrogens (tertiary/aromatic N) is 4. The zero-order valence-electron chi connectivity index (χ0n) is 72.7. The summed E-state index contributed by atoms with van der Waals surface area (Å²) in [6, 6.07) is 149. The highest BCUT2D eigenvalue weighted by Gasteiger charge is 2.33. The lowest BCUT2D eigenvalue weighted by Gasteiger charge is -2.31. The zero-order chi connectivity index (χ0) is 87.2. The topological polar surface area (TPSA) is 65.5 Å². The van der Waals surface area contributed by atoms with E-state index in [1.54, 1.807) is 0 Å². The van der Waals surface area contributed by atoms with Crippen LogP contribution in [-0.2, 0) is 0 Å². The Hall–Kier alpha value is -17.2.